The highest BCUT2D eigenvalue weighted by Gasteiger charge is 2.14. The molecule has 1 aromatic carbocycles. The fourth-order valence-corrected chi connectivity index (χ4v) is 3.50. The Morgan fingerprint density at radius 3 is 2.45 bits per heavy atom. The molecule has 1 atom stereocenters. The number of aliphatic hydroxyl groups excluding tert-OH is 1. The van der Waals surface area contributed by atoms with Gasteiger partial charge in [0.15, 0.2) is 0 Å². The summed E-state index contributed by atoms with van der Waals surface area (Å²) in [6, 6.07) is 14.3. The molecule has 0 aliphatic heterocycles. The van der Waals surface area contributed by atoms with Crippen LogP contribution < -0.4 is 5.32 Å². The van der Waals surface area contributed by atoms with E-state index in [0.29, 0.717) is 22.9 Å². The third kappa shape index (κ3) is 4.46. The van der Waals surface area contributed by atoms with E-state index in [1.807, 2.05) is 42.8 Å². The largest absolute Gasteiger partial charge is 0.390 e. The average molecular weight is 415 g/mol. The minimum Gasteiger partial charge on any atom is -0.390 e. The van der Waals surface area contributed by atoms with Gasteiger partial charge in [-0.25, -0.2) is 9.97 Å². The highest BCUT2D eigenvalue weighted by atomic mass is 16.3. The van der Waals surface area contributed by atoms with Crippen LogP contribution in [0.15, 0.2) is 55.0 Å². The third-order valence-electron chi connectivity index (χ3n) is 5.26. The summed E-state index contributed by atoms with van der Waals surface area (Å²) in [5, 5.41) is 22.0. The van der Waals surface area contributed by atoms with Crippen molar-refractivity contribution in [3.63, 3.8) is 0 Å². The molecular weight excluding hydrogens is 388 g/mol. The lowest BCUT2D eigenvalue weighted by Crippen LogP contribution is -2.09. The second kappa shape index (κ2) is 8.65. The highest BCUT2D eigenvalue weighted by molar-refractivity contribution is 5.62. The van der Waals surface area contributed by atoms with Crippen LogP contribution >= 0.6 is 0 Å². The zero-order chi connectivity index (χ0) is 22.0. The van der Waals surface area contributed by atoms with Crippen LogP contribution in [0, 0.1) is 20.8 Å². The number of nitrogens with zero attached hydrogens (tertiary/aromatic N) is 5. The van der Waals surface area contributed by atoms with Gasteiger partial charge in [-0.3, -0.25) is 0 Å². The lowest BCUT2D eigenvalue weighted by molar-refractivity contribution is 0.276. The van der Waals surface area contributed by atoms with E-state index in [-0.39, 0.29) is 12.6 Å². The van der Waals surface area contributed by atoms with E-state index in [1.54, 1.807) is 6.33 Å². The normalized spacial score (nSPS) is 12.0. The average Bonchev–Trinajstić information content (AvgIpc) is 3.20. The monoisotopic (exact) mass is 414 g/mol. The number of pyridine rings is 1. The molecule has 7 heteroatoms. The first-order chi connectivity index (χ1) is 14.9. The van der Waals surface area contributed by atoms with Crippen molar-refractivity contribution in [2.45, 2.75) is 40.3 Å². The van der Waals surface area contributed by atoms with Crippen LogP contribution in [0.25, 0.3) is 17.1 Å². The smallest absolute Gasteiger partial charge is 0.149 e. The summed E-state index contributed by atoms with van der Waals surface area (Å²) in [6.45, 7) is 7.90. The van der Waals surface area contributed by atoms with E-state index < -0.39 is 0 Å². The summed E-state index contributed by atoms with van der Waals surface area (Å²) in [4.78, 5) is 8.88. The molecule has 4 rings (SSSR count). The van der Waals surface area contributed by atoms with Crippen LogP contribution in [0.3, 0.4) is 0 Å². The maximum atomic E-state index is 9.85. The van der Waals surface area contributed by atoms with Gasteiger partial charge in [0.1, 0.15) is 11.5 Å². The van der Waals surface area contributed by atoms with E-state index in [1.165, 1.54) is 11.1 Å². The Bertz CT molecular complexity index is 1200. The van der Waals surface area contributed by atoms with Gasteiger partial charge in [-0.2, -0.15) is 0 Å². The van der Waals surface area contributed by atoms with Crippen LogP contribution in [-0.2, 0) is 6.61 Å². The molecule has 3 aromatic heterocycles. The van der Waals surface area contributed by atoms with Crippen LogP contribution in [0.4, 0.5) is 5.82 Å². The van der Waals surface area contributed by atoms with Gasteiger partial charge in [-0.15, -0.1) is 10.2 Å². The Kier molecular flexibility index (Phi) is 5.77. The zero-order valence-corrected chi connectivity index (χ0v) is 18.2. The van der Waals surface area contributed by atoms with Gasteiger partial charge in [0, 0.05) is 12.2 Å². The molecule has 158 valence electrons. The molecule has 0 bridgehead atoms. The first kappa shape index (κ1) is 20.7. The second-order valence-electron chi connectivity index (χ2n) is 7.78. The van der Waals surface area contributed by atoms with Crippen molar-refractivity contribution in [2.24, 2.45) is 0 Å². The number of rotatable bonds is 6. The van der Waals surface area contributed by atoms with Crippen molar-refractivity contribution < 1.29 is 5.11 Å². The first-order valence-corrected chi connectivity index (χ1v) is 10.2. The van der Waals surface area contributed by atoms with Gasteiger partial charge in [0.05, 0.1) is 35.7 Å². The van der Waals surface area contributed by atoms with Crippen LogP contribution in [0.2, 0.25) is 0 Å². The Balaban J connectivity index is 1.58. The summed E-state index contributed by atoms with van der Waals surface area (Å²) in [5.74, 6) is 0.710. The minimum absolute atomic E-state index is 0.109. The molecule has 0 aliphatic carbocycles. The van der Waals surface area contributed by atoms with Crippen molar-refractivity contribution in [3.05, 3.63) is 83.1 Å². The molecule has 0 unspecified atom stereocenters. The molecule has 4 aromatic rings. The summed E-state index contributed by atoms with van der Waals surface area (Å²) in [5.41, 5.74) is 7.00. The molecule has 0 spiro atoms. The van der Waals surface area contributed by atoms with Gasteiger partial charge in [-0.1, -0.05) is 29.8 Å². The minimum atomic E-state index is -0.180. The third-order valence-corrected chi connectivity index (χ3v) is 5.26. The van der Waals surface area contributed by atoms with Crippen LogP contribution in [0.5, 0.6) is 0 Å². The number of nitrogens with one attached hydrogen (secondary N) is 1. The summed E-state index contributed by atoms with van der Waals surface area (Å²) < 4.78 is 1.86. The second-order valence-corrected chi connectivity index (χ2v) is 7.78. The Morgan fingerprint density at radius 2 is 1.81 bits per heavy atom. The number of hydrogen-bond donors (Lipinski definition) is 2. The maximum absolute atomic E-state index is 9.85. The Labute approximate surface area is 181 Å². The number of aromatic nitrogens is 5. The fraction of sp³-hybridized carbons (Fsp3) is 0.250. The predicted octanol–water partition coefficient (Wildman–Crippen LogP) is 4.31. The van der Waals surface area contributed by atoms with Crippen LogP contribution in [-0.4, -0.2) is 29.8 Å². The molecule has 7 nitrogen and oxygen atoms in total. The van der Waals surface area contributed by atoms with Gasteiger partial charge in [0.2, 0.25) is 0 Å². The predicted molar refractivity (Wildman–Crippen MR) is 121 cm³/mol. The van der Waals surface area contributed by atoms with Crippen molar-refractivity contribution in [1.29, 1.82) is 0 Å². The van der Waals surface area contributed by atoms with E-state index in [0.717, 1.165) is 16.9 Å². The molecule has 0 amide bonds. The first-order valence-electron chi connectivity index (χ1n) is 10.2. The molecule has 0 saturated carbocycles. The van der Waals surface area contributed by atoms with Crippen molar-refractivity contribution in [3.8, 4) is 17.1 Å². The lowest BCUT2D eigenvalue weighted by Gasteiger charge is -2.16. The lowest BCUT2D eigenvalue weighted by atomic mass is 10.1. The summed E-state index contributed by atoms with van der Waals surface area (Å²) in [6.07, 6.45) is 3.61. The number of aliphatic hydroxyl groups is 1. The summed E-state index contributed by atoms with van der Waals surface area (Å²) >= 11 is 0. The van der Waals surface area contributed by atoms with Crippen molar-refractivity contribution in [2.75, 3.05) is 5.32 Å². The number of imidazole rings is 1. The number of benzene rings is 1. The van der Waals surface area contributed by atoms with Crippen molar-refractivity contribution in [1.82, 2.24) is 24.7 Å². The molecule has 0 saturated heterocycles. The van der Waals surface area contributed by atoms with Crippen LogP contribution in [0.1, 0.15) is 41.0 Å². The topological polar surface area (TPSA) is 88.8 Å². The molecule has 31 heavy (non-hydrogen) atoms. The molecule has 0 radical (unpaired) electrons. The molecular formula is C24H26N6O. The number of anilines is 1. The fourth-order valence-electron chi connectivity index (χ4n) is 3.50. The quantitative estimate of drug-likeness (QED) is 0.489. The van der Waals surface area contributed by atoms with Gasteiger partial charge in [-0.05, 0) is 57.0 Å². The Morgan fingerprint density at radius 1 is 1.03 bits per heavy atom. The highest BCUT2D eigenvalue weighted by Crippen LogP contribution is 2.25. The summed E-state index contributed by atoms with van der Waals surface area (Å²) in [7, 11) is 0. The standard InChI is InChI=1S/C24H26N6O/c1-15-5-7-19(8-6-15)18(4)26-23-11-16(2)24(29-28-23)20-9-10-22(21(13-31)27-20)30-12-17(3)25-14-30/h5-12,14,18,31H,13H2,1-4H3,(H,26,28)/t18-/m0/s1. The van der Waals surface area contributed by atoms with E-state index >= 15 is 0 Å². The molecule has 2 N–H and O–H groups in total. The van der Waals surface area contributed by atoms with Crippen molar-refractivity contribution >= 4 is 5.82 Å². The number of aryl methyl sites for hydroxylation is 3. The molecule has 0 fully saturated rings. The maximum Gasteiger partial charge on any atom is 0.149 e. The van der Waals surface area contributed by atoms with Gasteiger partial charge in [0.25, 0.3) is 0 Å². The van der Waals surface area contributed by atoms with E-state index in [4.69, 9.17) is 0 Å². The zero-order valence-electron chi connectivity index (χ0n) is 18.2. The van der Waals surface area contributed by atoms with Gasteiger partial charge >= 0.3 is 0 Å². The Hall–Kier alpha value is -3.58. The SMILES string of the molecule is Cc1ccc([C@H](C)Nc2cc(C)c(-c3ccc(-n4cnc(C)c4)c(CO)n3)nn2)cc1. The molecule has 3 heterocycles. The number of hydrogen-bond acceptors (Lipinski definition) is 6. The molecule has 0 aliphatic rings. The van der Waals surface area contributed by atoms with E-state index in [9.17, 15) is 5.11 Å². The van der Waals surface area contributed by atoms with Gasteiger partial charge < -0.3 is 15.0 Å². The van der Waals surface area contributed by atoms with E-state index in [2.05, 4.69) is 63.6 Å².